The van der Waals surface area contributed by atoms with Gasteiger partial charge in [-0.2, -0.15) is 0 Å². The maximum atomic E-state index is 14.3. The van der Waals surface area contributed by atoms with Crippen molar-refractivity contribution in [3.8, 4) is 11.5 Å². The average Bonchev–Trinajstić information content (AvgIpc) is 4.18. The van der Waals surface area contributed by atoms with Crippen molar-refractivity contribution in [3.63, 3.8) is 0 Å². The van der Waals surface area contributed by atoms with E-state index in [2.05, 4.69) is 13.2 Å². The first-order valence-corrected chi connectivity index (χ1v) is 32.0. The van der Waals surface area contributed by atoms with Gasteiger partial charge in [-0.25, -0.2) is 9.59 Å². The molecule has 81 heavy (non-hydrogen) atoms. The largest absolute Gasteiger partial charge is 0.463 e. The van der Waals surface area contributed by atoms with Gasteiger partial charge in [0, 0.05) is 43.2 Å². The molecule has 4 saturated carbocycles. The second kappa shape index (κ2) is 31.2. The molecule has 0 aromatic heterocycles. The Morgan fingerprint density at radius 3 is 1.23 bits per heavy atom. The Hall–Kier alpha value is -4.73. The van der Waals surface area contributed by atoms with E-state index >= 15 is 0 Å². The average molecular weight is 1190 g/mol. The molecule has 0 unspecified atom stereocenters. The van der Waals surface area contributed by atoms with Crippen molar-refractivity contribution in [1.82, 2.24) is 4.90 Å². The Balaban J connectivity index is 0.814. The van der Waals surface area contributed by atoms with Crippen LogP contribution in [0.3, 0.4) is 0 Å². The van der Waals surface area contributed by atoms with Crippen LogP contribution >= 0.6 is 47.5 Å². The maximum absolute atomic E-state index is 14.3. The van der Waals surface area contributed by atoms with Gasteiger partial charge in [0.05, 0.1) is 63.1 Å². The minimum Gasteiger partial charge on any atom is -0.463 e. The molecule has 5 fully saturated rings. The van der Waals surface area contributed by atoms with Gasteiger partial charge in [0.2, 0.25) is 5.12 Å². The first-order valence-electron chi connectivity index (χ1n) is 29.1. The quantitative estimate of drug-likeness (QED) is 0.0215. The summed E-state index contributed by atoms with van der Waals surface area (Å²) < 4.78 is 48.2. The number of carbonyl (C=O) groups is 7. The Kier molecular flexibility index (Phi) is 24.0. The highest BCUT2D eigenvalue weighted by Gasteiger charge is 2.41. The van der Waals surface area contributed by atoms with Crippen LogP contribution in [0, 0.1) is 23.7 Å². The number of hydrogen-bond acceptors (Lipinski definition) is 19. The lowest BCUT2D eigenvalue weighted by Crippen LogP contribution is -2.33. The van der Waals surface area contributed by atoms with Crippen molar-refractivity contribution in [3.05, 3.63) is 59.5 Å². The minimum absolute atomic E-state index is 0.146. The summed E-state index contributed by atoms with van der Waals surface area (Å²) in [5.41, 5.74) is 0.406. The summed E-state index contributed by atoms with van der Waals surface area (Å²) in [6.45, 7) is 8.95. The number of ether oxygens (including phenoxy) is 8. The number of esters is 6. The molecule has 4 aliphatic carbocycles. The van der Waals surface area contributed by atoms with E-state index in [0.29, 0.717) is 124 Å². The van der Waals surface area contributed by atoms with Crippen molar-refractivity contribution >= 4 is 104 Å². The third-order valence-electron chi connectivity index (χ3n) is 16.2. The van der Waals surface area contributed by atoms with Crippen LogP contribution in [0.1, 0.15) is 154 Å². The molecule has 2 aromatic carbocycles. The Morgan fingerprint density at radius 2 is 0.877 bits per heavy atom. The molecule has 0 spiro atoms. The molecule has 20 heteroatoms. The van der Waals surface area contributed by atoms with Crippen LogP contribution in [0.2, 0.25) is 0 Å². The van der Waals surface area contributed by atoms with Crippen LogP contribution in [-0.4, -0.2) is 108 Å². The molecule has 16 nitrogen and oxygen atoms in total. The highest BCUT2D eigenvalue weighted by atomic mass is 32.2. The lowest BCUT2D eigenvalue weighted by Gasteiger charge is -2.31. The molecule has 1 saturated heterocycles. The molecule has 0 radical (unpaired) electrons. The number of thiocarbonyl (C=S) groups is 1. The first-order chi connectivity index (χ1) is 39.3. The first kappa shape index (κ1) is 62.3. The molecule has 6 aliphatic rings. The lowest BCUT2D eigenvalue weighted by atomic mass is 9.82. The van der Waals surface area contributed by atoms with Crippen LogP contribution in [-0.2, 0) is 62.0 Å². The van der Waals surface area contributed by atoms with Gasteiger partial charge in [0.15, 0.2) is 11.5 Å². The van der Waals surface area contributed by atoms with Crippen LogP contribution in [0.5, 0.6) is 11.5 Å². The van der Waals surface area contributed by atoms with Gasteiger partial charge in [0.25, 0.3) is 0 Å². The smallest absolute Gasteiger partial charge is 0.330 e. The summed E-state index contributed by atoms with van der Waals surface area (Å²) in [6.07, 6.45) is 19.8. The molecule has 0 bridgehead atoms. The summed E-state index contributed by atoms with van der Waals surface area (Å²) in [7, 11) is 1.74. The van der Waals surface area contributed by atoms with E-state index in [1.807, 2.05) is 24.3 Å². The van der Waals surface area contributed by atoms with Crippen LogP contribution in [0.25, 0.3) is 10.8 Å². The SMILES string of the molecule is C=CC(=O)OCCCCCCOC1CCC(OC(=O)C2CCC(C(=O)Oc3c4c(c(OC(=O)C5CCC(C(=O)OC6CCC(OCCCCCCOC(=O)C=C)CC6)CC5)c5ccccc35)SC(=C3C(=O)SC(=S)N3C)S4)CC2)CC1. The second-order valence-corrected chi connectivity index (χ2v) is 25.7. The van der Waals surface area contributed by atoms with Gasteiger partial charge >= 0.3 is 35.8 Å². The number of benzene rings is 2. The van der Waals surface area contributed by atoms with E-state index in [1.165, 1.54) is 35.7 Å². The van der Waals surface area contributed by atoms with Gasteiger partial charge in [0.1, 0.15) is 22.2 Å². The van der Waals surface area contributed by atoms with Crippen molar-refractivity contribution < 1.29 is 71.5 Å². The molecule has 2 aliphatic heterocycles. The van der Waals surface area contributed by atoms with Crippen molar-refractivity contribution in [1.29, 1.82) is 0 Å². The molecule has 0 N–H and O–H groups in total. The number of rotatable bonds is 26. The summed E-state index contributed by atoms with van der Waals surface area (Å²) in [4.78, 5) is 93.9. The number of unbranched alkanes of at least 4 members (excludes halogenated alkanes) is 6. The Morgan fingerprint density at radius 1 is 0.519 bits per heavy atom. The number of likely N-dealkylation sites (N-methyl/N-ethyl adjacent to an activating group) is 1. The predicted molar refractivity (Wildman–Crippen MR) is 313 cm³/mol. The van der Waals surface area contributed by atoms with Gasteiger partial charge in [-0.15, -0.1) is 0 Å². The number of nitrogens with zero attached hydrogens (tertiary/aromatic N) is 1. The molecule has 2 aromatic rings. The highest BCUT2D eigenvalue weighted by Crippen LogP contribution is 2.63. The normalized spacial score (nSPS) is 24.7. The molecule has 0 atom stereocenters. The molecule has 0 amide bonds. The van der Waals surface area contributed by atoms with E-state index in [1.54, 1.807) is 11.9 Å². The molecule has 8 rings (SSSR count). The summed E-state index contributed by atoms with van der Waals surface area (Å²) in [5, 5.41) is 0.944. The van der Waals surface area contributed by atoms with Gasteiger partial charge in [-0.1, -0.05) is 86.0 Å². The fraction of sp³-hybridized carbons (Fsp3) is 0.607. The molecular formula is C61H77NO15S4. The molecular weight excluding hydrogens is 1110 g/mol. The van der Waals surface area contributed by atoms with E-state index in [0.717, 1.165) is 114 Å². The van der Waals surface area contributed by atoms with Crippen molar-refractivity contribution in [2.75, 3.05) is 33.5 Å². The standard InChI is InChI=1S/C61H77NO15S4/c1-4-48(63)72-36-14-8-6-12-34-70-42-26-30-44(31-27-42)74-55(65)38-18-22-40(23-19-38)57(67)76-51-46-16-10-11-17-47(46)52(54-53(51)79-60(80-54)50-59(69)81-61(78)62(50)3)77-58(68)41-24-20-39(21-25-41)56(66)75-45-32-28-43(29-33-45)71-35-13-7-9-15-37-73-49(64)5-2/h4-5,10-11,16-17,38-45H,1-2,6-9,12-15,18-37H2,3H3. The number of fused-ring (bicyclic) bond motifs is 2. The zero-order valence-corrected chi connectivity index (χ0v) is 49.8. The topological polar surface area (TPSA) is 197 Å². The maximum Gasteiger partial charge on any atom is 0.330 e. The number of carbonyl (C=O) groups excluding carboxylic acids is 7. The van der Waals surface area contributed by atoms with Crippen molar-refractivity contribution in [2.24, 2.45) is 23.7 Å². The fourth-order valence-corrected chi connectivity index (χ4v) is 15.4. The highest BCUT2D eigenvalue weighted by molar-refractivity contribution is 8.34. The number of hydrogen-bond donors (Lipinski definition) is 0. The van der Waals surface area contributed by atoms with Crippen LogP contribution < -0.4 is 9.47 Å². The summed E-state index contributed by atoms with van der Waals surface area (Å²) in [5.74, 6) is -2.95. The third kappa shape index (κ3) is 17.4. The van der Waals surface area contributed by atoms with Crippen LogP contribution in [0.4, 0.5) is 0 Å². The van der Waals surface area contributed by atoms with E-state index in [9.17, 15) is 33.6 Å². The van der Waals surface area contributed by atoms with Gasteiger partial charge in [-0.3, -0.25) is 24.0 Å². The van der Waals surface area contributed by atoms with E-state index in [-0.39, 0.29) is 53.3 Å². The predicted octanol–water partition coefficient (Wildman–Crippen LogP) is 12.4. The van der Waals surface area contributed by atoms with E-state index in [4.69, 9.17) is 50.1 Å². The van der Waals surface area contributed by atoms with Crippen molar-refractivity contribution in [2.45, 2.75) is 188 Å². The van der Waals surface area contributed by atoms with Gasteiger partial charge < -0.3 is 42.8 Å². The van der Waals surface area contributed by atoms with Gasteiger partial charge in [-0.05, 0) is 153 Å². The second-order valence-electron chi connectivity index (χ2n) is 21.8. The Labute approximate surface area is 493 Å². The zero-order valence-electron chi connectivity index (χ0n) is 46.5. The Bertz CT molecular complexity index is 2490. The number of thioether (sulfide) groups is 3. The summed E-state index contributed by atoms with van der Waals surface area (Å²) >= 11 is 9.05. The minimum atomic E-state index is -0.458. The fourth-order valence-electron chi connectivity index (χ4n) is 11.4. The van der Waals surface area contributed by atoms with E-state index < -0.39 is 35.7 Å². The summed E-state index contributed by atoms with van der Waals surface area (Å²) in [6, 6.07) is 7.34. The lowest BCUT2D eigenvalue weighted by molar-refractivity contribution is -0.160. The molecule has 2 heterocycles. The van der Waals surface area contributed by atoms with Crippen LogP contribution in [0.15, 0.2) is 69.3 Å². The molecule has 440 valence electrons. The monoisotopic (exact) mass is 1190 g/mol. The third-order valence-corrected chi connectivity index (χ3v) is 20.1. The zero-order chi connectivity index (χ0) is 57.3.